The molecule has 0 bridgehead atoms. The quantitative estimate of drug-likeness (QED) is 0.669. The number of nitro groups is 1. The first-order valence-electron chi connectivity index (χ1n) is 6.60. The van der Waals surface area contributed by atoms with Crippen molar-refractivity contribution >= 4 is 11.5 Å². The van der Waals surface area contributed by atoms with Crippen molar-refractivity contribution < 1.29 is 9.66 Å². The number of hydrogen-bond acceptors (Lipinski definition) is 5. The first kappa shape index (κ1) is 13.6. The van der Waals surface area contributed by atoms with Gasteiger partial charge in [0.15, 0.2) is 0 Å². The number of hydrogen-bond donors (Lipinski definition) is 1. The molecule has 104 valence electrons. The third kappa shape index (κ3) is 3.33. The average molecular weight is 265 g/mol. The molecule has 1 saturated carbocycles. The summed E-state index contributed by atoms with van der Waals surface area (Å²) in [4.78, 5) is 14.7. The van der Waals surface area contributed by atoms with Crippen LogP contribution in [0.25, 0.3) is 0 Å². The number of nitrogens with one attached hydrogen (secondary N) is 1. The Hall–Kier alpha value is -1.85. The van der Waals surface area contributed by atoms with Gasteiger partial charge in [-0.15, -0.1) is 0 Å². The van der Waals surface area contributed by atoms with Gasteiger partial charge in [0.2, 0.25) is 0 Å². The molecule has 0 spiro atoms. The molecular formula is C13H19N3O3. The van der Waals surface area contributed by atoms with Gasteiger partial charge in [0.25, 0.3) is 5.88 Å². The minimum absolute atomic E-state index is 0.0297. The Morgan fingerprint density at radius 1 is 1.47 bits per heavy atom. The minimum Gasteiger partial charge on any atom is -0.469 e. The second-order valence-electron chi connectivity index (χ2n) is 5.04. The Kier molecular flexibility index (Phi) is 4.19. The van der Waals surface area contributed by atoms with Gasteiger partial charge in [-0.2, -0.15) is 4.98 Å². The lowest BCUT2D eigenvalue weighted by molar-refractivity contribution is -0.386. The summed E-state index contributed by atoms with van der Waals surface area (Å²) >= 11 is 0. The van der Waals surface area contributed by atoms with E-state index in [1.165, 1.54) is 12.5 Å². The van der Waals surface area contributed by atoms with Gasteiger partial charge in [0.05, 0.1) is 4.92 Å². The zero-order chi connectivity index (χ0) is 13.8. The maximum Gasteiger partial charge on any atom is 0.331 e. The van der Waals surface area contributed by atoms with Crippen molar-refractivity contribution in [2.75, 3.05) is 12.4 Å². The fourth-order valence-corrected chi connectivity index (χ4v) is 2.44. The molecule has 1 fully saturated rings. The summed E-state index contributed by atoms with van der Waals surface area (Å²) < 4.78 is 5.77. The van der Waals surface area contributed by atoms with Crippen LogP contribution in [0, 0.1) is 16.0 Å². The predicted octanol–water partition coefficient (Wildman–Crippen LogP) is 2.99. The van der Waals surface area contributed by atoms with Gasteiger partial charge in [-0.1, -0.05) is 13.3 Å². The molecule has 1 aromatic heterocycles. The summed E-state index contributed by atoms with van der Waals surface area (Å²) in [6, 6.07) is 3.01. The lowest BCUT2D eigenvalue weighted by Gasteiger charge is -2.26. The van der Waals surface area contributed by atoms with E-state index in [-0.39, 0.29) is 17.7 Å². The Labute approximate surface area is 112 Å². The van der Waals surface area contributed by atoms with Gasteiger partial charge in [0.1, 0.15) is 11.9 Å². The number of rotatable bonds is 4. The fraction of sp³-hybridized carbons (Fsp3) is 0.615. The van der Waals surface area contributed by atoms with Gasteiger partial charge >= 0.3 is 5.69 Å². The Bertz CT molecular complexity index is 464. The molecule has 1 heterocycles. The molecule has 0 radical (unpaired) electrons. The van der Waals surface area contributed by atoms with Crippen LogP contribution in [0.5, 0.6) is 5.88 Å². The van der Waals surface area contributed by atoms with E-state index in [9.17, 15) is 10.1 Å². The first-order chi connectivity index (χ1) is 9.10. The van der Waals surface area contributed by atoms with Crippen molar-refractivity contribution in [1.82, 2.24) is 4.98 Å². The number of pyridine rings is 1. The minimum atomic E-state index is -0.450. The highest BCUT2D eigenvalue weighted by atomic mass is 16.6. The summed E-state index contributed by atoms with van der Waals surface area (Å²) in [6.07, 6.45) is 4.20. The lowest BCUT2D eigenvalue weighted by Crippen LogP contribution is -2.24. The number of aromatic nitrogens is 1. The summed E-state index contributed by atoms with van der Waals surface area (Å²) in [5.41, 5.74) is -0.0720. The normalized spacial score (nSPS) is 22.8. The molecule has 19 heavy (non-hydrogen) atoms. The zero-order valence-corrected chi connectivity index (χ0v) is 11.3. The van der Waals surface area contributed by atoms with Crippen molar-refractivity contribution in [3.8, 4) is 5.88 Å². The van der Waals surface area contributed by atoms with Crippen LogP contribution in [-0.2, 0) is 0 Å². The van der Waals surface area contributed by atoms with Gasteiger partial charge in [-0.05, 0) is 31.2 Å². The average Bonchev–Trinajstić information content (AvgIpc) is 2.38. The van der Waals surface area contributed by atoms with Crippen LogP contribution in [0.3, 0.4) is 0 Å². The maximum atomic E-state index is 11.0. The van der Waals surface area contributed by atoms with E-state index in [1.807, 2.05) is 0 Å². The third-order valence-corrected chi connectivity index (χ3v) is 3.46. The number of ether oxygens (including phenoxy) is 1. The van der Waals surface area contributed by atoms with Gasteiger partial charge in [0, 0.05) is 13.1 Å². The third-order valence-electron chi connectivity index (χ3n) is 3.46. The summed E-state index contributed by atoms with van der Waals surface area (Å²) in [6.45, 7) is 2.18. The fourth-order valence-electron chi connectivity index (χ4n) is 2.44. The van der Waals surface area contributed by atoms with Gasteiger partial charge in [-0.25, -0.2) is 0 Å². The van der Waals surface area contributed by atoms with E-state index in [0.29, 0.717) is 11.7 Å². The molecule has 6 nitrogen and oxygen atoms in total. The molecular weight excluding hydrogens is 246 g/mol. The SMILES string of the molecule is CNc1ccc([N+](=O)[O-])c(OC2CCCC(C)C2)n1. The zero-order valence-electron chi connectivity index (χ0n) is 11.3. The smallest absolute Gasteiger partial charge is 0.331 e. The predicted molar refractivity (Wildman–Crippen MR) is 72.5 cm³/mol. The summed E-state index contributed by atoms with van der Waals surface area (Å²) in [5.74, 6) is 1.30. The van der Waals surface area contributed by atoms with Crippen molar-refractivity contribution in [1.29, 1.82) is 0 Å². The van der Waals surface area contributed by atoms with Crippen molar-refractivity contribution in [3.63, 3.8) is 0 Å². The molecule has 1 aromatic rings. The van der Waals surface area contributed by atoms with Gasteiger partial charge in [-0.3, -0.25) is 10.1 Å². The molecule has 6 heteroatoms. The standard InChI is InChI=1S/C13H19N3O3/c1-9-4-3-5-10(8-9)19-13-11(16(17)18)6-7-12(14-2)15-13/h6-7,9-10H,3-5,8H2,1-2H3,(H,14,15). The van der Waals surface area contributed by atoms with Crippen LogP contribution in [0.15, 0.2) is 12.1 Å². The summed E-state index contributed by atoms with van der Waals surface area (Å²) in [5, 5.41) is 13.9. The molecule has 0 saturated heterocycles. The van der Waals surface area contributed by atoms with E-state index >= 15 is 0 Å². The molecule has 2 atom stereocenters. The topological polar surface area (TPSA) is 77.3 Å². The summed E-state index contributed by atoms with van der Waals surface area (Å²) in [7, 11) is 1.72. The number of anilines is 1. The van der Waals surface area contributed by atoms with E-state index in [0.717, 1.165) is 19.3 Å². The Balaban J connectivity index is 2.19. The highest BCUT2D eigenvalue weighted by Crippen LogP contribution is 2.31. The van der Waals surface area contributed by atoms with Crippen LogP contribution in [0.4, 0.5) is 11.5 Å². The molecule has 0 aliphatic heterocycles. The maximum absolute atomic E-state index is 11.0. The molecule has 2 unspecified atom stereocenters. The van der Waals surface area contributed by atoms with E-state index in [1.54, 1.807) is 13.1 Å². The molecule has 0 aromatic carbocycles. The highest BCUT2D eigenvalue weighted by molar-refractivity contribution is 5.48. The van der Waals surface area contributed by atoms with Crippen LogP contribution in [0.2, 0.25) is 0 Å². The van der Waals surface area contributed by atoms with Gasteiger partial charge < -0.3 is 10.1 Å². The molecule has 1 aliphatic carbocycles. The second kappa shape index (κ2) is 5.86. The van der Waals surface area contributed by atoms with Crippen LogP contribution in [-0.4, -0.2) is 23.1 Å². The van der Waals surface area contributed by atoms with Crippen molar-refractivity contribution in [2.24, 2.45) is 5.92 Å². The van der Waals surface area contributed by atoms with Crippen LogP contribution < -0.4 is 10.1 Å². The molecule has 1 aliphatic rings. The molecule has 2 rings (SSSR count). The highest BCUT2D eigenvalue weighted by Gasteiger charge is 2.25. The van der Waals surface area contributed by atoms with E-state index in [2.05, 4.69) is 17.2 Å². The Morgan fingerprint density at radius 3 is 2.89 bits per heavy atom. The first-order valence-corrected chi connectivity index (χ1v) is 6.60. The Morgan fingerprint density at radius 2 is 2.26 bits per heavy atom. The monoisotopic (exact) mass is 265 g/mol. The van der Waals surface area contributed by atoms with Crippen molar-refractivity contribution in [2.45, 2.75) is 38.7 Å². The van der Waals surface area contributed by atoms with E-state index < -0.39 is 4.92 Å². The molecule has 0 amide bonds. The van der Waals surface area contributed by atoms with Crippen LogP contribution in [0.1, 0.15) is 32.6 Å². The number of nitrogens with zero attached hydrogens (tertiary/aromatic N) is 2. The lowest BCUT2D eigenvalue weighted by atomic mass is 9.89. The van der Waals surface area contributed by atoms with E-state index in [4.69, 9.17) is 4.74 Å². The molecule has 1 N–H and O–H groups in total. The van der Waals surface area contributed by atoms with Crippen molar-refractivity contribution in [3.05, 3.63) is 22.2 Å². The second-order valence-corrected chi connectivity index (χ2v) is 5.04. The van der Waals surface area contributed by atoms with Crippen LogP contribution >= 0.6 is 0 Å². The largest absolute Gasteiger partial charge is 0.469 e.